The minimum absolute atomic E-state index is 0.0345. The zero-order valence-corrected chi connectivity index (χ0v) is 10.9. The minimum atomic E-state index is -0.482. The molecule has 3 N–H and O–H groups in total. The van der Waals surface area contributed by atoms with E-state index in [-0.39, 0.29) is 18.8 Å². The lowest BCUT2D eigenvalue weighted by Gasteiger charge is -2.41. The molecular weight excluding hydrogens is 204 g/mol. The van der Waals surface area contributed by atoms with E-state index >= 15 is 0 Å². The van der Waals surface area contributed by atoms with Crippen molar-refractivity contribution in [2.75, 3.05) is 19.7 Å². The molecule has 4 nitrogen and oxygen atoms in total. The Balaban J connectivity index is 2.50. The maximum atomic E-state index is 9.18. The smallest absolute Gasteiger partial charge is 0.0678 e. The van der Waals surface area contributed by atoms with Crippen molar-refractivity contribution in [2.45, 2.75) is 57.9 Å². The van der Waals surface area contributed by atoms with Crippen molar-refractivity contribution in [1.29, 1.82) is 0 Å². The molecule has 1 rings (SSSR count). The van der Waals surface area contributed by atoms with Gasteiger partial charge in [-0.15, -0.1) is 0 Å². The maximum Gasteiger partial charge on any atom is 0.0678 e. The van der Waals surface area contributed by atoms with Gasteiger partial charge in [0.25, 0.3) is 0 Å². The van der Waals surface area contributed by atoms with E-state index in [2.05, 4.69) is 25.7 Å². The van der Waals surface area contributed by atoms with Crippen LogP contribution in [-0.4, -0.2) is 53.5 Å². The van der Waals surface area contributed by atoms with Crippen molar-refractivity contribution >= 4 is 0 Å². The Hall–Kier alpha value is -0.160. The number of hydrogen-bond acceptors (Lipinski definition) is 4. The van der Waals surface area contributed by atoms with Crippen LogP contribution >= 0.6 is 0 Å². The lowest BCUT2D eigenvalue weighted by atomic mass is 9.94. The van der Waals surface area contributed by atoms with Gasteiger partial charge in [-0.05, 0) is 34.1 Å². The van der Waals surface area contributed by atoms with Gasteiger partial charge < -0.3 is 15.6 Å². The molecule has 1 heterocycles. The fourth-order valence-corrected chi connectivity index (χ4v) is 2.45. The zero-order chi connectivity index (χ0) is 12.3. The van der Waals surface area contributed by atoms with E-state index < -0.39 is 5.54 Å². The molecule has 0 radical (unpaired) electrons. The Morgan fingerprint density at radius 3 is 2.38 bits per heavy atom. The van der Waals surface area contributed by atoms with Gasteiger partial charge >= 0.3 is 0 Å². The van der Waals surface area contributed by atoms with E-state index in [4.69, 9.17) is 10.5 Å². The largest absolute Gasteiger partial charge is 0.394 e. The number of hydrogen-bond donors (Lipinski definition) is 2. The molecule has 0 spiro atoms. The molecule has 2 unspecified atom stereocenters. The summed E-state index contributed by atoms with van der Waals surface area (Å²) < 4.78 is 5.70. The standard InChI is InChI=1S/C12H26N2O2/c1-9(5-12(4,13)8-15)14-6-10(2)16-11(3)7-14/h9-11,15H,5-8,13H2,1-4H3/t9?,10-,11+,12?. The van der Waals surface area contributed by atoms with Gasteiger partial charge in [-0.25, -0.2) is 0 Å². The number of rotatable bonds is 4. The number of aliphatic hydroxyl groups is 1. The number of morpholine rings is 1. The molecule has 1 saturated heterocycles. The fourth-order valence-electron chi connectivity index (χ4n) is 2.45. The first kappa shape index (κ1) is 13.9. The van der Waals surface area contributed by atoms with Crippen LogP contribution in [0.3, 0.4) is 0 Å². The summed E-state index contributed by atoms with van der Waals surface area (Å²) in [5.74, 6) is 0. The average molecular weight is 230 g/mol. The van der Waals surface area contributed by atoms with Gasteiger partial charge in [0.2, 0.25) is 0 Å². The van der Waals surface area contributed by atoms with E-state index in [9.17, 15) is 5.11 Å². The lowest BCUT2D eigenvalue weighted by molar-refractivity contribution is -0.0814. The Kier molecular flexibility index (Phi) is 4.73. The second kappa shape index (κ2) is 5.45. The van der Waals surface area contributed by atoms with Crippen molar-refractivity contribution in [2.24, 2.45) is 5.73 Å². The summed E-state index contributed by atoms with van der Waals surface area (Å²) in [6.45, 7) is 10.2. The third-order valence-corrected chi connectivity index (χ3v) is 3.19. The second-order valence-corrected chi connectivity index (χ2v) is 5.58. The van der Waals surface area contributed by atoms with E-state index in [1.54, 1.807) is 0 Å². The Labute approximate surface area is 98.8 Å². The van der Waals surface area contributed by atoms with Crippen LogP contribution in [0.15, 0.2) is 0 Å². The van der Waals surface area contributed by atoms with Gasteiger partial charge in [-0.1, -0.05) is 0 Å². The number of aliphatic hydroxyl groups excluding tert-OH is 1. The molecule has 1 fully saturated rings. The minimum Gasteiger partial charge on any atom is -0.394 e. The Morgan fingerprint density at radius 1 is 1.44 bits per heavy atom. The third-order valence-electron chi connectivity index (χ3n) is 3.19. The molecular formula is C12H26N2O2. The van der Waals surface area contributed by atoms with Crippen molar-refractivity contribution in [1.82, 2.24) is 4.90 Å². The Morgan fingerprint density at radius 2 is 1.94 bits per heavy atom. The molecule has 1 aliphatic rings. The quantitative estimate of drug-likeness (QED) is 0.742. The zero-order valence-electron chi connectivity index (χ0n) is 10.9. The maximum absolute atomic E-state index is 9.18. The summed E-state index contributed by atoms with van der Waals surface area (Å²) in [6, 6.07) is 0.385. The van der Waals surface area contributed by atoms with Crippen LogP contribution < -0.4 is 5.73 Å². The third kappa shape index (κ3) is 4.01. The molecule has 0 aliphatic carbocycles. The molecule has 0 bridgehead atoms. The Bertz CT molecular complexity index is 211. The van der Waals surface area contributed by atoms with Crippen molar-refractivity contribution in [3.63, 3.8) is 0 Å². The summed E-state index contributed by atoms with van der Waals surface area (Å²) in [5.41, 5.74) is 5.50. The van der Waals surface area contributed by atoms with Crippen LogP contribution in [0.25, 0.3) is 0 Å². The first-order chi connectivity index (χ1) is 7.34. The SMILES string of the molecule is CC(CC(C)(N)CO)N1C[C@@H](C)O[C@@H](C)C1. The second-order valence-electron chi connectivity index (χ2n) is 5.58. The van der Waals surface area contributed by atoms with Crippen LogP contribution in [0.1, 0.15) is 34.1 Å². The van der Waals surface area contributed by atoms with E-state index in [1.807, 2.05) is 6.92 Å². The van der Waals surface area contributed by atoms with Gasteiger partial charge in [0.15, 0.2) is 0 Å². The highest BCUT2D eigenvalue weighted by Crippen LogP contribution is 2.18. The first-order valence-corrected chi connectivity index (χ1v) is 6.13. The fraction of sp³-hybridized carbons (Fsp3) is 1.00. The molecule has 0 aromatic carbocycles. The predicted octanol–water partition coefficient (Wildman–Crippen LogP) is 0.584. The van der Waals surface area contributed by atoms with Crippen molar-refractivity contribution in [3.05, 3.63) is 0 Å². The summed E-state index contributed by atoms with van der Waals surface area (Å²) in [6.07, 6.45) is 1.37. The monoisotopic (exact) mass is 230 g/mol. The van der Waals surface area contributed by atoms with E-state index in [0.717, 1.165) is 19.5 Å². The molecule has 4 atom stereocenters. The highest BCUT2D eigenvalue weighted by Gasteiger charge is 2.29. The topological polar surface area (TPSA) is 58.7 Å². The van der Waals surface area contributed by atoms with Gasteiger partial charge in [0, 0.05) is 24.7 Å². The molecule has 0 saturated carbocycles. The normalized spacial score (nSPS) is 33.4. The molecule has 4 heteroatoms. The van der Waals surface area contributed by atoms with Crippen molar-refractivity contribution in [3.8, 4) is 0 Å². The number of ether oxygens (including phenoxy) is 1. The van der Waals surface area contributed by atoms with Crippen molar-refractivity contribution < 1.29 is 9.84 Å². The van der Waals surface area contributed by atoms with Crippen LogP contribution in [0.5, 0.6) is 0 Å². The molecule has 1 aliphatic heterocycles. The van der Waals surface area contributed by atoms with Crippen LogP contribution in [0.4, 0.5) is 0 Å². The first-order valence-electron chi connectivity index (χ1n) is 6.13. The summed E-state index contributed by atoms with van der Waals surface area (Å²) in [7, 11) is 0. The number of nitrogens with two attached hydrogens (primary N) is 1. The van der Waals surface area contributed by atoms with Gasteiger partial charge in [0.1, 0.15) is 0 Å². The van der Waals surface area contributed by atoms with E-state index in [1.165, 1.54) is 0 Å². The lowest BCUT2D eigenvalue weighted by Crippen LogP contribution is -2.53. The van der Waals surface area contributed by atoms with E-state index in [0.29, 0.717) is 6.04 Å². The van der Waals surface area contributed by atoms with Crippen LogP contribution in [-0.2, 0) is 4.74 Å². The molecule has 0 aromatic rings. The highest BCUT2D eigenvalue weighted by molar-refractivity contribution is 4.86. The molecule has 16 heavy (non-hydrogen) atoms. The molecule has 0 aromatic heterocycles. The van der Waals surface area contributed by atoms with Crippen LogP contribution in [0, 0.1) is 0 Å². The summed E-state index contributed by atoms with van der Waals surface area (Å²) in [5, 5.41) is 9.18. The van der Waals surface area contributed by atoms with Crippen LogP contribution in [0.2, 0.25) is 0 Å². The van der Waals surface area contributed by atoms with Gasteiger partial charge in [0.05, 0.1) is 18.8 Å². The molecule has 96 valence electrons. The summed E-state index contributed by atoms with van der Waals surface area (Å²) in [4.78, 5) is 2.40. The molecule has 0 amide bonds. The highest BCUT2D eigenvalue weighted by atomic mass is 16.5. The average Bonchev–Trinajstić information content (AvgIpc) is 2.15. The summed E-state index contributed by atoms with van der Waals surface area (Å²) >= 11 is 0. The predicted molar refractivity (Wildman–Crippen MR) is 65.3 cm³/mol. The van der Waals surface area contributed by atoms with Gasteiger partial charge in [-0.2, -0.15) is 0 Å². The number of nitrogens with zero attached hydrogens (tertiary/aromatic N) is 1. The van der Waals surface area contributed by atoms with Gasteiger partial charge in [-0.3, -0.25) is 4.90 Å².